The average molecular weight is 379 g/mol. The van der Waals surface area contributed by atoms with E-state index in [-0.39, 0.29) is 6.54 Å². The van der Waals surface area contributed by atoms with Gasteiger partial charge in [0.1, 0.15) is 0 Å². The Morgan fingerprint density at radius 1 is 1.15 bits per heavy atom. The number of halogens is 3. The summed E-state index contributed by atoms with van der Waals surface area (Å²) in [6, 6.07) is 13.8. The van der Waals surface area contributed by atoms with Crippen LogP contribution in [0.15, 0.2) is 48.5 Å². The second kappa shape index (κ2) is 8.10. The van der Waals surface area contributed by atoms with Crippen LogP contribution < -0.4 is 0 Å². The molecule has 0 radical (unpaired) electrons. The van der Waals surface area contributed by atoms with E-state index in [1.807, 2.05) is 0 Å². The molecule has 3 rings (SSSR count). The van der Waals surface area contributed by atoms with Gasteiger partial charge in [-0.3, -0.25) is 4.79 Å². The number of nitrogens with zero attached hydrogens (tertiary/aromatic N) is 1. The van der Waals surface area contributed by atoms with Gasteiger partial charge in [-0.25, -0.2) is 0 Å². The summed E-state index contributed by atoms with van der Waals surface area (Å²) < 4.78 is 43.9. The van der Waals surface area contributed by atoms with Gasteiger partial charge in [0, 0.05) is 12.1 Å². The summed E-state index contributed by atoms with van der Waals surface area (Å²) in [5, 5.41) is 9.49. The first-order valence-electron chi connectivity index (χ1n) is 8.62. The van der Waals surface area contributed by atoms with E-state index in [2.05, 4.69) is 0 Å². The summed E-state index contributed by atoms with van der Waals surface area (Å²) in [4.78, 5) is 13.9. The lowest BCUT2D eigenvalue weighted by molar-refractivity contribution is -0.206. The van der Waals surface area contributed by atoms with Crippen LogP contribution in [0.25, 0.3) is 0 Å². The van der Waals surface area contributed by atoms with Crippen molar-refractivity contribution in [2.45, 2.75) is 31.9 Å². The van der Waals surface area contributed by atoms with E-state index in [1.165, 1.54) is 0 Å². The van der Waals surface area contributed by atoms with Crippen molar-refractivity contribution in [1.29, 1.82) is 0 Å². The molecule has 0 spiro atoms. The number of amides is 1. The molecule has 7 heteroatoms. The molecule has 1 N–H and O–H groups in total. The van der Waals surface area contributed by atoms with Crippen LogP contribution in [0.3, 0.4) is 0 Å². The monoisotopic (exact) mass is 379 g/mol. The zero-order valence-corrected chi connectivity index (χ0v) is 14.6. The van der Waals surface area contributed by atoms with Crippen molar-refractivity contribution in [1.82, 2.24) is 4.90 Å². The molecule has 0 aromatic heterocycles. The molecule has 0 bridgehead atoms. The van der Waals surface area contributed by atoms with Gasteiger partial charge in [-0.1, -0.05) is 36.4 Å². The molecule has 144 valence electrons. The third-order valence-electron chi connectivity index (χ3n) is 4.50. The zero-order valence-electron chi connectivity index (χ0n) is 14.6. The lowest BCUT2D eigenvalue weighted by Crippen LogP contribution is -2.43. The number of rotatable bonds is 5. The highest BCUT2D eigenvalue weighted by Crippen LogP contribution is 2.24. The molecule has 27 heavy (non-hydrogen) atoms. The van der Waals surface area contributed by atoms with Crippen LogP contribution in [0.4, 0.5) is 13.2 Å². The molecule has 1 unspecified atom stereocenters. The molecule has 1 aliphatic heterocycles. The molecule has 0 fully saturated rings. The van der Waals surface area contributed by atoms with Crippen molar-refractivity contribution in [3.05, 3.63) is 70.8 Å². The largest absolute Gasteiger partial charge is 0.416 e. The fourth-order valence-electron chi connectivity index (χ4n) is 3.01. The van der Waals surface area contributed by atoms with Crippen molar-refractivity contribution in [2.24, 2.45) is 0 Å². The number of hydrogen-bond donors (Lipinski definition) is 1. The van der Waals surface area contributed by atoms with E-state index in [1.54, 1.807) is 48.5 Å². The number of aliphatic hydroxyl groups excluding tert-OH is 1. The minimum atomic E-state index is -4.79. The van der Waals surface area contributed by atoms with E-state index in [0.717, 1.165) is 16.0 Å². The van der Waals surface area contributed by atoms with E-state index in [9.17, 15) is 23.1 Å². The zero-order chi connectivity index (χ0) is 19.4. The van der Waals surface area contributed by atoms with Gasteiger partial charge in [0.25, 0.3) is 5.91 Å². The minimum Gasteiger partial charge on any atom is -0.382 e. The third-order valence-corrected chi connectivity index (χ3v) is 4.50. The highest BCUT2D eigenvalue weighted by Gasteiger charge is 2.40. The number of carbonyl (C=O) groups is 1. The van der Waals surface area contributed by atoms with E-state index < -0.39 is 24.7 Å². The third kappa shape index (κ3) is 4.87. The molecular formula is C20H20F3NO3. The summed E-state index contributed by atoms with van der Waals surface area (Å²) in [6.07, 6.45) is -6.74. The van der Waals surface area contributed by atoms with Crippen molar-refractivity contribution >= 4 is 5.91 Å². The normalized spacial score (nSPS) is 15.1. The lowest BCUT2D eigenvalue weighted by atomic mass is 9.99. The van der Waals surface area contributed by atoms with Gasteiger partial charge in [-0.05, 0) is 35.2 Å². The number of fused-ring (bicyclic) bond motifs is 1. The fourth-order valence-corrected chi connectivity index (χ4v) is 3.01. The second-order valence-electron chi connectivity index (χ2n) is 6.51. The molecule has 1 aliphatic rings. The Balaban J connectivity index is 1.85. The number of hydrogen-bond acceptors (Lipinski definition) is 3. The first kappa shape index (κ1) is 19.4. The quantitative estimate of drug-likeness (QED) is 0.867. The summed E-state index contributed by atoms with van der Waals surface area (Å²) in [7, 11) is 0. The van der Waals surface area contributed by atoms with Crippen molar-refractivity contribution in [3.8, 4) is 0 Å². The van der Waals surface area contributed by atoms with Crippen LogP contribution in [-0.4, -0.2) is 41.3 Å². The van der Waals surface area contributed by atoms with Crippen LogP contribution in [0.2, 0.25) is 0 Å². The number of aliphatic hydroxyl groups is 1. The number of alkyl halides is 3. The molecule has 1 atom stereocenters. The standard InChI is InChI=1S/C20H20F3NO3/c21-20(22,23)18(25)12-24(11-14-4-2-1-3-5-14)19(26)16-6-7-17-13-27-9-8-15(17)10-16/h1-7,10,18,25H,8-9,11-13H2. The molecule has 0 saturated carbocycles. The van der Waals surface area contributed by atoms with Gasteiger partial charge in [-0.2, -0.15) is 13.2 Å². The fraction of sp³-hybridized carbons (Fsp3) is 0.350. The van der Waals surface area contributed by atoms with Gasteiger partial charge in [0.2, 0.25) is 0 Å². The number of carbonyl (C=O) groups excluding carboxylic acids is 1. The summed E-state index contributed by atoms with van der Waals surface area (Å²) in [5.74, 6) is -0.545. The second-order valence-corrected chi connectivity index (χ2v) is 6.51. The molecule has 1 heterocycles. The van der Waals surface area contributed by atoms with Crippen LogP contribution in [0, 0.1) is 0 Å². The number of benzene rings is 2. The number of ether oxygens (including phenoxy) is 1. The smallest absolute Gasteiger partial charge is 0.382 e. The van der Waals surface area contributed by atoms with Gasteiger partial charge in [0.05, 0.1) is 19.8 Å². The Bertz CT molecular complexity index is 793. The molecule has 0 aliphatic carbocycles. The van der Waals surface area contributed by atoms with Crippen molar-refractivity contribution in [3.63, 3.8) is 0 Å². The summed E-state index contributed by atoms with van der Waals surface area (Å²) >= 11 is 0. The van der Waals surface area contributed by atoms with Crippen LogP contribution in [0.1, 0.15) is 27.0 Å². The predicted molar refractivity (Wildman–Crippen MR) is 93.0 cm³/mol. The highest BCUT2D eigenvalue weighted by atomic mass is 19.4. The van der Waals surface area contributed by atoms with Gasteiger partial charge < -0.3 is 14.7 Å². The Hall–Kier alpha value is -2.38. The molecule has 2 aromatic carbocycles. The maximum atomic E-state index is 12.9. The predicted octanol–water partition coefficient (Wildman–Crippen LogP) is 3.32. The molecule has 4 nitrogen and oxygen atoms in total. The Morgan fingerprint density at radius 2 is 1.89 bits per heavy atom. The Labute approximate surface area is 155 Å². The van der Waals surface area contributed by atoms with Crippen molar-refractivity contribution in [2.75, 3.05) is 13.2 Å². The van der Waals surface area contributed by atoms with Gasteiger partial charge >= 0.3 is 6.18 Å². The lowest BCUT2D eigenvalue weighted by Gasteiger charge is -2.27. The molecule has 2 aromatic rings. The minimum absolute atomic E-state index is 0.0208. The maximum Gasteiger partial charge on any atom is 0.416 e. The van der Waals surface area contributed by atoms with Crippen molar-refractivity contribution < 1.29 is 27.8 Å². The van der Waals surface area contributed by atoms with Gasteiger partial charge in [0.15, 0.2) is 6.10 Å². The maximum absolute atomic E-state index is 12.9. The Kier molecular flexibility index (Phi) is 5.82. The van der Waals surface area contributed by atoms with Crippen LogP contribution in [-0.2, 0) is 24.3 Å². The molecule has 1 amide bonds. The van der Waals surface area contributed by atoms with Crippen LogP contribution in [0.5, 0.6) is 0 Å². The average Bonchev–Trinajstić information content (AvgIpc) is 2.66. The SMILES string of the molecule is O=C(c1ccc2c(c1)CCOC2)N(Cc1ccccc1)CC(O)C(F)(F)F. The van der Waals surface area contributed by atoms with E-state index in [4.69, 9.17) is 4.74 Å². The first-order chi connectivity index (χ1) is 12.8. The van der Waals surface area contributed by atoms with E-state index >= 15 is 0 Å². The first-order valence-corrected chi connectivity index (χ1v) is 8.62. The van der Waals surface area contributed by atoms with Crippen LogP contribution >= 0.6 is 0 Å². The highest BCUT2D eigenvalue weighted by molar-refractivity contribution is 5.94. The van der Waals surface area contributed by atoms with Gasteiger partial charge in [-0.15, -0.1) is 0 Å². The van der Waals surface area contributed by atoms with E-state index in [0.29, 0.717) is 30.8 Å². The Morgan fingerprint density at radius 3 is 2.59 bits per heavy atom. The topological polar surface area (TPSA) is 49.8 Å². The summed E-state index contributed by atoms with van der Waals surface area (Å²) in [5.41, 5.74) is 2.93. The molecular weight excluding hydrogens is 359 g/mol. The summed E-state index contributed by atoms with van der Waals surface area (Å²) in [6.45, 7) is 0.167. The molecule has 0 saturated heterocycles.